The van der Waals surface area contributed by atoms with Gasteiger partial charge in [0.25, 0.3) is 0 Å². The number of aliphatic hydroxyl groups is 2. The van der Waals surface area contributed by atoms with Gasteiger partial charge in [0.1, 0.15) is 19.0 Å². The van der Waals surface area contributed by atoms with E-state index < -0.39 is 36.3 Å². The third-order valence-electron chi connectivity index (χ3n) is 8.32. The number of fused-ring (bicyclic) bond motifs is 1. The second-order valence-corrected chi connectivity index (χ2v) is 11.8. The van der Waals surface area contributed by atoms with Crippen molar-refractivity contribution in [1.29, 1.82) is 0 Å². The van der Waals surface area contributed by atoms with Crippen molar-refractivity contribution < 1.29 is 43.5 Å². The maximum absolute atomic E-state index is 14.0. The van der Waals surface area contributed by atoms with E-state index in [9.17, 15) is 19.8 Å². The van der Waals surface area contributed by atoms with Gasteiger partial charge in [0.2, 0.25) is 5.91 Å². The van der Waals surface area contributed by atoms with Gasteiger partial charge in [0.05, 0.1) is 50.7 Å². The first-order chi connectivity index (χ1) is 23.4. The van der Waals surface area contributed by atoms with E-state index in [-0.39, 0.29) is 25.5 Å². The number of carbonyl (C=O) groups excluding carboxylic acids is 2. The zero-order chi connectivity index (χ0) is 34.1. The van der Waals surface area contributed by atoms with Gasteiger partial charge in [-0.1, -0.05) is 66.7 Å². The van der Waals surface area contributed by atoms with E-state index in [1.165, 1.54) is 0 Å². The number of alkyl carbamates (subject to hydrolysis) is 1. The molecule has 0 fully saturated rings. The van der Waals surface area contributed by atoms with Crippen molar-refractivity contribution >= 4 is 12.0 Å². The van der Waals surface area contributed by atoms with Crippen LogP contribution in [0.1, 0.15) is 34.7 Å². The molecule has 0 spiro atoms. The highest BCUT2D eigenvalue weighted by atomic mass is 16.6. The maximum Gasteiger partial charge on any atom is 0.407 e. The number of hydrogen-bond donors (Lipinski definition) is 4. The van der Waals surface area contributed by atoms with Crippen LogP contribution in [0.25, 0.3) is 0 Å². The highest BCUT2D eigenvalue weighted by molar-refractivity contribution is 5.80. The number of methoxy groups -OCH3 is 2. The molecule has 3 aromatic rings. The molecule has 4 N–H and O–H groups in total. The molecule has 0 saturated heterocycles. The summed E-state index contributed by atoms with van der Waals surface area (Å²) in [7, 11) is 3.19. The molecule has 0 radical (unpaired) electrons. The van der Waals surface area contributed by atoms with Gasteiger partial charge in [-0.25, -0.2) is 4.79 Å². The summed E-state index contributed by atoms with van der Waals surface area (Å²) in [5, 5.41) is 28.4. The van der Waals surface area contributed by atoms with Crippen molar-refractivity contribution in [2.75, 3.05) is 53.9 Å². The normalized spacial score (nSPS) is 17.2. The number of ether oxygens (including phenoxy) is 5. The number of amides is 2. The fourth-order valence-electron chi connectivity index (χ4n) is 5.79. The Labute approximate surface area is 282 Å². The lowest BCUT2D eigenvalue weighted by molar-refractivity contribution is -0.127. The predicted molar refractivity (Wildman–Crippen MR) is 180 cm³/mol. The number of nitrogens with one attached hydrogen (secondary N) is 2. The quantitative estimate of drug-likeness (QED) is 0.134. The van der Waals surface area contributed by atoms with Crippen LogP contribution in [-0.2, 0) is 43.0 Å². The van der Waals surface area contributed by atoms with E-state index in [0.717, 1.165) is 22.3 Å². The smallest absolute Gasteiger partial charge is 0.407 e. The minimum Gasteiger partial charge on any atom is -0.491 e. The standard InChI is InChI=1S/C37H48N2O9/c1-44-16-18-46-19-21-48-37(43)38-32(23-26-8-4-3-5-9-26)33(40)25-29(22-27-12-14-30(15-13-27)47-20-17-45-2)36(42)39-35-31-11-7-6-10-28(31)24-34(35)41/h3-15,29,32-35,40-41H,16-25H2,1-2H3,(H,38,43)(H,39,42)/t29-,32+,33+,34-,35+/m1/s1. The van der Waals surface area contributed by atoms with Gasteiger partial charge in [0, 0.05) is 26.6 Å². The van der Waals surface area contributed by atoms with E-state index in [1.54, 1.807) is 14.2 Å². The summed E-state index contributed by atoms with van der Waals surface area (Å²) in [4.78, 5) is 26.8. The van der Waals surface area contributed by atoms with Gasteiger partial charge in [-0.2, -0.15) is 0 Å². The zero-order valence-corrected chi connectivity index (χ0v) is 27.7. The van der Waals surface area contributed by atoms with E-state index in [4.69, 9.17) is 23.7 Å². The summed E-state index contributed by atoms with van der Waals surface area (Å²) in [6, 6.07) is 23.3. The van der Waals surface area contributed by atoms with Gasteiger partial charge in [-0.15, -0.1) is 0 Å². The molecule has 1 aliphatic rings. The lowest BCUT2D eigenvalue weighted by Crippen LogP contribution is -2.47. The van der Waals surface area contributed by atoms with Crippen molar-refractivity contribution in [2.45, 2.75) is 50.0 Å². The van der Waals surface area contributed by atoms with Gasteiger partial charge in [0.15, 0.2) is 0 Å². The molecule has 11 heteroatoms. The van der Waals surface area contributed by atoms with Crippen LogP contribution in [0.4, 0.5) is 4.79 Å². The molecule has 3 aromatic carbocycles. The summed E-state index contributed by atoms with van der Waals surface area (Å²) in [5.74, 6) is -0.313. The SMILES string of the molecule is COCCOCCOC(=O)N[C@@H](Cc1ccccc1)[C@@H](O)C[C@@H](Cc1ccc(OCCOC)cc1)C(=O)N[C@H]1c2ccccc2C[C@H]1O. The molecule has 0 saturated carbocycles. The summed E-state index contributed by atoms with van der Waals surface area (Å²) >= 11 is 0. The number of hydrogen-bond acceptors (Lipinski definition) is 9. The third kappa shape index (κ3) is 11.6. The summed E-state index contributed by atoms with van der Waals surface area (Å²) in [6.07, 6.45) is -1.45. The average Bonchev–Trinajstić information content (AvgIpc) is 3.41. The van der Waals surface area contributed by atoms with Crippen molar-refractivity contribution in [3.8, 4) is 5.75 Å². The molecular formula is C37H48N2O9. The Kier molecular flexibility index (Phi) is 15.1. The first-order valence-corrected chi connectivity index (χ1v) is 16.4. The molecule has 0 heterocycles. The van der Waals surface area contributed by atoms with Crippen LogP contribution in [-0.4, -0.2) is 94.3 Å². The third-order valence-corrected chi connectivity index (χ3v) is 8.32. The lowest BCUT2D eigenvalue weighted by Gasteiger charge is -2.28. The monoisotopic (exact) mass is 664 g/mol. The fraction of sp³-hybridized carbons (Fsp3) is 0.459. The van der Waals surface area contributed by atoms with Crippen LogP contribution in [0.15, 0.2) is 78.9 Å². The topological polar surface area (TPSA) is 145 Å². The van der Waals surface area contributed by atoms with Gasteiger partial charge >= 0.3 is 6.09 Å². The molecule has 0 bridgehead atoms. The van der Waals surface area contributed by atoms with Crippen molar-refractivity contribution in [3.05, 3.63) is 101 Å². The Morgan fingerprint density at radius 2 is 1.48 bits per heavy atom. The lowest BCUT2D eigenvalue weighted by atomic mass is 9.88. The fourth-order valence-corrected chi connectivity index (χ4v) is 5.79. The minimum absolute atomic E-state index is 0.0328. The molecule has 5 atom stereocenters. The Balaban J connectivity index is 1.49. The van der Waals surface area contributed by atoms with E-state index in [1.807, 2.05) is 78.9 Å². The van der Waals surface area contributed by atoms with E-state index in [2.05, 4.69) is 10.6 Å². The molecule has 4 rings (SSSR count). The second-order valence-electron chi connectivity index (χ2n) is 11.8. The molecule has 0 unspecified atom stereocenters. The summed E-state index contributed by atoms with van der Waals surface area (Å²) < 4.78 is 26.4. The highest BCUT2D eigenvalue weighted by Crippen LogP contribution is 2.32. The first kappa shape index (κ1) is 36.8. The highest BCUT2D eigenvalue weighted by Gasteiger charge is 2.35. The predicted octanol–water partition coefficient (Wildman–Crippen LogP) is 3.40. The molecule has 1 aliphatic carbocycles. The van der Waals surface area contributed by atoms with Crippen LogP contribution >= 0.6 is 0 Å². The molecule has 11 nitrogen and oxygen atoms in total. The second kappa shape index (κ2) is 19.7. The summed E-state index contributed by atoms with van der Waals surface area (Å²) in [6.45, 7) is 1.93. The van der Waals surface area contributed by atoms with Crippen LogP contribution in [0.5, 0.6) is 5.75 Å². The molecule has 2 amide bonds. The minimum atomic E-state index is -1.11. The molecule has 260 valence electrons. The molecule has 48 heavy (non-hydrogen) atoms. The Morgan fingerprint density at radius 1 is 0.812 bits per heavy atom. The Morgan fingerprint density at radius 3 is 2.23 bits per heavy atom. The maximum atomic E-state index is 14.0. The number of benzene rings is 3. The van der Waals surface area contributed by atoms with Gasteiger partial charge in [-0.05, 0) is 53.6 Å². The van der Waals surface area contributed by atoms with Crippen LogP contribution < -0.4 is 15.4 Å². The molecule has 0 aliphatic heterocycles. The van der Waals surface area contributed by atoms with Crippen LogP contribution in [0.3, 0.4) is 0 Å². The van der Waals surface area contributed by atoms with Crippen molar-refractivity contribution in [3.63, 3.8) is 0 Å². The van der Waals surface area contributed by atoms with Gasteiger partial charge in [-0.3, -0.25) is 4.79 Å². The number of rotatable bonds is 20. The van der Waals surface area contributed by atoms with Crippen molar-refractivity contribution in [2.24, 2.45) is 5.92 Å². The zero-order valence-electron chi connectivity index (χ0n) is 27.7. The average molecular weight is 665 g/mol. The first-order valence-electron chi connectivity index (χ1n) is 16.4. The number of aliphatic hydroxyl groups excluding tert-OH is 2. The Bertz CT molecular complexity index is 1390. The summed E-state index contributed by atoms with van der Waals surface area (Å²) in [5.41, 5.74) is 3.65. The van der Waals surface area contributed by atoms with E-state index in [0.29, 0.717) is 51.4 Å². The van der Waals surface area contributed by atoms with Crippen LogP contribution in [0.2, 0.25) is 0 Å². The molecular weight excluding hydrogens is 616 g/mol. The van der Waals surface area contributed by atoms with E-state index >= 15 is 0 Å². The van der Waals surface area contributed by atoms with Crippen LogP contribution in [0, 0.1) is 5.92 Å². The van der Waals surface area contributed by atoms with Gasteiger partial charge < -0.3 is 44.5 Å². The Hall–Kier alpha value is -4.00. The number of carbonyl (C=O) groups is 2. The molecule has 0 aromatic heterocycles. The largest absolute Gasteiger partial charge is 0.491 e. The van der Waals surface area contributed by atoms with Crippen molar-refractivity contribution in [1.82, 2.24) is 10.6 Å².